The topological polar surface area (TPSA) is 107 Å². The molecule has 0 bridgehead atoms. The van der Waals surface area contributed by atoms with Crippen molar-refractivity contribution in [2.75, 3.05) is 25.1 Å². The van der Waals surface area contributed by atoms with Gasteiger partial charge in [-0.2, -0.15) is 13.1 Å². The van der Waals surface area contributed by atoms with Gasteiger partial charge in [-0.3, -0.25) is 4.57 Å². The fraction of sp³-hybridized carbons (Fsp3) is 0.529. The minimum absolute atomic E-state index is 0.0958. The number of methoxy groups -OCH3 is 1. The van der Waals surface area contributed by atoms with E-state index in [4.69, 9.17) is 4.74 Å². The quantitative estimate of drug-likeness (QED) is 0.458. The van der Waals surface area contributed by atoms with Gasteiger partial charge in [0.2, 0.25) is 0 Å². The molecule has 2 rings (SSSR count). The highest BCUT2D eigenvalue weighted by Crippen LogP contribution is 2.42. The highest BCUT2D eigenvalue weighted by atomic mass is 32.2. The molecule has 0 fully saturated rings. The van der Waals surface area contributed by atoms with Gasteiger partial charge in [-0.05, 0) is 38.3 Å². The number of alkyl halides is 2. The fourth-order valence-electron chi connectivity index (χ4n) is 2.81. The molecule has 0 saturated heterocycles. The van der Waals surface area contributed by atoms with Crippen molar-refractivity contribution >= 4 is 33.0 Å². The molecule has 172 valence electrons. The van der Waals surface area contributed by atoms with E-state index in [0.717, 1.165) is 0 Å². The molecule has 14 heteroatoms. The molecule has 1 aromatic heterocycles. The van der Waals surface area contributed by atoms with Crippen molar-refractivity contribution in [1.82, 2.24) is 14.8 Å². The van der Waals surface area contributed by atoms with E-state index in [0.29, 0.717) is 36.9 Å². The average Bonchev–Trinajstić information content (AvgIpc) is 3.12. The van der Waals surface area contributed by atoms with E-state index >= 15 is 0 Å². The number of nitrogens with zero attached hydrogens (tertiary/aromatic N) is 7. The molecular formula is C17H24F3N7O3S. The van der Waals surface area contributed by atoms with E-state index in [-0.39, 0.29) is 17.3 Å². The molecule has 0 radical (unpaired) electrons. The zero-order chi connectivity index (χ0) is 23.2. The van der Waals surface area contributed by atoms with Crippen LogP contribution in [0.15, 0.2) is 26.7 Å². The first-order valence-corrected chi connectivity index (χ1v) is 10.9. The van der Waals surface area contributed by atoms with Crippen molar-refractivity contribution in [1.29, 1.82) is 0 Å². The zero-order valence-corrected chi connectivity index (χ0v) is 18.6. The molecule has 0 spiro atoms. The van der Waals surface area contributed by atoms with Crippen molar-refractivity contribution in [2.24, 2.45) is 14.6 Å². The van der Waals surface area contributed by atoms with Gasteiger partial charge in [0.25, 0.3) is 16.0 Å². The summed E-state index contributed by atoms with van der Waals surface area (Å²) in [5, 5.41) is 15.8. The maximum Gasteiger partial charge on any atom is 0.345 e. The molecule has 0 aliphatic heterocycles. The number of ether oxygens (including phenoxy) is 1. The van der Waals surface area contributed by atoms with Crippen LogP contribution in [0, 0.1) is 6.92 Å². The van der Waals surface area contributed by atoms with Crippen LogP contribution in [-0.4, -0.2) is 44.9 Å². The Balaban J connectivity index is 2.74. The van der Waals surface area contributed by atoms with E-state index in [1.807, 2.05) is 25.7 Å². The van der Waals surface area contributed by atoms with Gasteiger partial charge in [0.15, 0.2) is 0 Å². The van der Waals surface area contributed by atoms with Crippen LogP contribution >= 0.6 is 0 Å². The second kappa shape index (κ2) is 10.5. The lowest BCUT2D eigenvalue weighted by molar-refractivity contribution is -0.000950. The third-order valence-corrected chi connectivity index (χ3v) is 5.48. The Morgan fingerprint density at radius 2 is 1.84 bits per heavy atom. The van der Waals surface area contributed by atoms with Crippen LogP contribution in [0.1, 0.15) is 26.6 Å². The number of rotatable bonds is 10. The van der Waals surface area contributed by atoms with Gasteiger partial charge >= 0.3 is 5.76 Å². The number of halogens is 3. The normalized spacial score (nSPS) is 13.6. The average molecular weight is 463 g/mol. The van der Waals surface area contributed by atoms with Crippen molar-refractivity contribution in [3.63, 3.8) is 0 Å². The Hall–Kier alpha value is -2.74. The maximum atomic E-state index is 13.1. The SMILES string of the molecule is CCN(CC)c1cc(N=S(=O)(OF)C(F)F)c(N=Nc2nnc(C)n2CC)cc1OC. The second-order valence-electron chi connectivity index (χ2n) is 6.11. The van der Waals surface area contributed by atoms with Gasteiger partial charge in [0, 0.05) is 25.7 Å². The van der Waals surface area contributed by atoms with Crippen LogP contribution in [0.5, 0.6) is 5.75 Å². The molecule has 1 atom stereocenters. The van der Waals surface area contributed by atoms with Gasteiger partial charge in [0.05, 0.1) is 12.8 Å². The third kappa shape index (κ3) is 5.31. The first kappa shape index (κ1) is 24.5. The van der Waals surface area contributed by atoms with Gasteiger partial charge in [-0.1, -0.05) is 4.39 Å². The third-order valence-electron chi connectivity index (χ3n) is 4.40. The largest absolute Gasteiger partial charge is 0.494 e. The molecule has 2 aromatic rings. The molecular weight excluding hydrogens is 439 g/mol. The van der Waals surface area contributed by atoms with Crippen molar-refractivity contribution in [3.05, 3.63) is 18.0 Å². The summed E-state index contributed by atoms with van der Waals surface area (Å²) in [4.78, 5) is 1.84. The Morgan fingerprint density at radius 3 is 2.35 bits per heavy atom. The molecule has 1 unspecified atom stereocenters. The monoisotopic (exact) mass is 463 g/mol. The van der Waals surface area contributed by atoms with Crippen LogP contribution in [0.2, 0.25) is 0 Å². The summed E-state index contributed by atoms with van der Waals surface area (Å²) in [5.74, 6) is -2.59. The Bertz CT molecular complexity index is 1050. The fourth-order valence-corrected chi connectivity index (χ4v) is 3.39. The number of aromatic nitrogens is 3. The predicted octanol–water partition coefficient (Wildman–Crippen LogP) is 5.01. The van der Waals surface area contributed by atoms with Gasteiger partial charge in [0.1, 0.15) is 22.9 Å². The van der Waals surface area contributed by atoms with Crippen LogP contribution < -0.4 is 9.64 Å². The van der Waals surface area contributed by atoms with E-state index < -0.39 is 15.8 Å². The summed E-state index contributed by atoms with van der Waals surface area (Å²) in [6, 6.07) is 2.69. The van der Waals surface area contributed by atoms with E-state index in [1.165, 1.54) is 19.2 Å². The van der Waals surface area contributed by atoms with E-state index in [2.05, 4.69) is 29.2 Å². The standard InChI is InChI=1S/C17H24F3N7O3S/c1-6-26(7-2)14-9-13(25-31(28,30-20)16(18)19)12(10-15(14)29-5)22-24-17-23-21-11(4)27(17)8-3/h9-10,16H,6-8H2,1-5H3. The second-order valence-corrected chi connectivity index (χ2v) is 7.80. The predicted molar refractivity (Wildman–Crippen MR) is 110 cm³/mol. The summed E-state index contributed by atoms with van der Waals surface area (Å²) in [7, 11) is -3.53. The van der Waals surface area contributed by atoms with Gasteiger partial charge in [-0.15, -0.1) is 20.4 Å². The molecule has 0 N–H and O–H groups in total. The van der Waals surface area contributed by atoms with E-state index in [1.54, 1.807) is 11.5 Å². The summed E-state index contributed by atoms with van der Waals surface area (Å²) in [6.07, 6.45) is 0. The van der Waals surface area contributed by atoms with Crippen LogP contribution in [-0.2, 0) is 20.9 Å². The van der Waals surface area contributed by atoms with Crippen LogP contribution in [0.25, 0.3) is 0 Å². The lowest BCUT2D eigenvalue weighted by Gasteiger charge is -2.24. The van der Waals surface area contributed by atoms with Gasteiger partial charge in [-0.25, -0.2) is 4.21 Å². The maximum absolute atomic E-state index is 13.1. The smallest absolute Gasteiger partial charge is 0.345 e. The molecule has 0 amide bonds. The summed E-state index contributed by atoms with van der Waals surface area (Å²) in [6.45, 7) is 8.96. The number of aryl methyl sites for hydroxylation is 1. The minimum atomic E-state index is -4.96. The molecule has 1 aromatic carbocycles. The Morgan fingerprint density at radius 1 is 1.16 bits per heavy atom. The number of hydrogen-bond donors (Lipinski definition) is 0. The highest BCUT2D eigenvalue weighted by Gasteiger charge is 2.26. The molecule has 0 saturated carbocycles. The highest BCUT2D eigenvalue weighted by molar-refractivity contribution is 7.89. The first-order chi connectivity index (χ1) is 14.7. The summed E-state index contributed by atoms with van der Waals surface area (Å²) >= 11 is 0. The Kier molecular flexibility index (Phi) is 8.33. The van der Waals surface area contributed by atoms with Crippen molar-refractivity contribution in [3.8, 4) is 5.75 Å². The Labute approximate surface area is 178 Å². The van der Waals surface area contributed by atoms with Crippen molar-refractivity contribution < 1.29 is 26.6 Å². The summed E-state index contributed by atoms with van der Waals surface area (Å²) in [5.41, 5.74) is 0.0582. The summed E-state index contributed by atoms with van der Waals surface area (Å²) < 4.78 is 64.5. The minimum Gasteiger partial charge on any atom is -0.494 e. The lowest BCUT2D eigenvalue weighted by atomic mass is 10.2. The molecule has 1 heterocycles. The molecule has 10 nitrogen and oxygen atoms in total. The number of benzene rings is 1. The lowest BCUT2D eigenvalue weighted by Crippen LogP contribution is -2.22. The zero-order valence-electron chi connectivity index (χ0n) is 17.8. The number of hydrogen-bond acceptors (Lipinski definition) is 9. The van der Waals surface area contributed by atoms with Crippen molar-refractivity contribution in [2.45, 2.75) is 40.0 Å². The molecule has 0 aliphatic rings. The van der Waals surface area contributed by atoms with Crippen LogP contribution in [0.4, 0.5) is 36.3 Å². The first-order valence-electron chi connectivity index (χ1n) is 9.37. The van der Waals surface area contributed by atoms with Gasteiger partial charge < -0.3 is 9.64 Å². The van der Waals surface area contributed by atoms with Crippen LogP contribution in [0.3, 0.4) is 0 Å². The molecule has 0 aliphatic carbocycles. The van der Waals surface area contributed by atoms with E-state index in [9.17, 15) is 17.5 Å². The number of azo groups is 1. The number of anilines is 1. The molecule has 31 heavy (non-hydrogen) atoms.